The summed E-state index contributed by atoms with van der Waals surface area (Å²) in [6, 6.07) is 9.12. The van der Waals surface area contributed by atoms with Crippen molar-refractivity contribution in [2.24, 2.45) is 0 Å². The fourth-order valence-corrected chi connectivity index (χ4v) is 2.10. The van der Waals surface area contributed by atoms with Crippen LogP contribution < -0.4 is 0 Å². The number of aryl methyl sites for hydroxylation is 2. The molecule has 0 aromatic heterocycles. The molecule has 0 heterocycles. The molecular weight excluding hydrogens is 258 g/mol. The van der Waals surface area contributed by atoms with E-state index >= 15 is 0 Å². The Morgan fingerprint density at radius 2 is 1.70 bits per heavy atom. The van der Waals surface area contributed by atoms with Gasteiger partial charge in [-0.25, -0.2) is 8.78 Å². The Morgan fingerprint density at radius 3 is 2.30 bits per heavy atom. The molecular formula is C17H16F2O. The lowest BCUT2D eigenvalue weighted by Gasteiger charge is -2.06. The summed E-state index contributed by atoms with van der Waals surface area (Å²) in [5.74, 6) is -1.89. The first kappa shape index (κ1) is 14.4. The number of ketones is 1. The maximum atomic E-state index is 13.7. The maximum Gasteiger partial charge on any atom is 0.195 e. The Labute approximate surface area is 117 Å². The molecule has 0 saturated heterocycles. The summed E-state index contributed by atoms with van der Waals surface area (Å²) in [6.07, 6.45) is 1.97. The predicted molar refractivity (Wildman–Crippen MR) is 75.0 cm³/mol. The van der Waals surface area contributed by atoms with E-state index in [-0.39, 0.29) is 11.1 Å². The second kappa shape index (κ2) is 5.95. The van der Waals surface area contributed by atoms with Gasteiger partial charge in [-0.3, -0.25) is 4.79 Å². The Morgan fingerprint density at radius 1 is 1.05 bits per heavy atom. The third kappa shape index (κ3) is 2.93. The first-order valence-electron chi connectivity index (χ1n) is 6.62. The zero-order valence-corrected chi connectivity index (χ0v) is 11.5. The Kier molecular flexibility index (Phi) is 4.28. The molecule has 104 valence electrons. The van der Waals surface area contributed by atoms with Gasteiger partial charge in [-0.05, 0) is 30.5 Å². The molecule has 0 aliphatic rings. The zero-order chi connectivity index (χ0) is 14.7. The lowest BCUT2D eigenvalue weighted by molar-refractivity contribution is 0.103. The van der Waals surface area contributed by atoms with Crippen molar-refractivity contribution in [1.82, 2.24) is 0 Å². The van der Waals surface area contributed by atoms with E-state index in [4.69, 9.17) is 0 Å². The van der Waals surface area contributed by atoms with Crippen LogP contribution in [0.25, 0.3) is 0 Å². The van der Waals surface area contributed by atoms with E-state index in [1.165, 1.54) is 13.0 Å². The predicted octanol–water partition coefficient (Wildman–Crippen LogP) is 4.46. The summed E-state index contributed by atoms with van der Waals surface area (Å²) in [6.45, 7) is 3.59. The second-order valence-electron chi connectivity index (χ2n) is 4.86. The highest BCUT2D eigenvalue weighted by atomic mass is 19.1. The molecule has 0 saturated carbocycles. The second-order valence-corrected chi connectivity index (χ2v) is 4.86. The molecule has 0 spiro atoms. The highest BCUT2D eigenvalue weighted by Gasteiger charge is 2.16. The Balaban J connectivity index is 2.33. The van der Waals surface area contributed by atoms with Crippen LogP contribution >= 0.6 is 0 Å². The average Bonchev–Trinajstić information content (AvgIpc) is 2.43. The maximum absolute atomic E-state index is 13.7. The minimum atomic E-state index is -0.823. The van der Waals surface area contributed by atoms with Crippen LogP contribution in [-0.4, -0.2) is 5.78 Å². The summed E-state index contributed by atoms with van der Waals surface area (Å²) in [4.78, 5) is 12.2. The quantitative estimate of drug-likeness (QED) is 0.752. The fourth-order valence-electron chi connectivity index (χ4n) is 2.10. The molecule has 0 amide bonds. The average molecular weight is 274 g/mol. The number of rotatable bonds is 4. The number of halogens is 2. The summed E-state index contributed by atoms with van der Waals surface area (Å²) < 4.78 is 26.9. The summed E-state index contributed by atoms with van der Waals surface area (Å²) >= 11 is 0. The molecule has 0 fully saturated rings. The third-order valence-corrected chi connectivity index (χ3v) is 3.25. The molecule has 2 rings (SSSR count). The molecule has 0 bridgehead atoms. The SMILES string of the molecule is CCCc1ccc(C(=O)c2cc(C)c(F)cc2F)cc1. The van der Waals surface area contributed by atoms with Gasteiger partial charge in [0.1, 0.15) is 11.6 Å². The molecule has 0 N–H and O–H groups in total. The number of carbonyl (C=O) groups excluding carboxylic acids is 1. The molecule has 0 atom stereocenters. The van der Waals surface area contributed by atoms with Gasteiger partial charge in [0.2, 0.25) is 0 Å². The molecule has 20 heavy (non-hydrogen) atoms. The van der Waals surface area contributed by atoms with E-state index in [0.29, 0.717) is 5.56 Å². The normalized spacial score (nSPS) is 10.6. The van der Waals surface area contributed by atoms with Crippen LogP contribution in [0.3, 0.4) is 0 Å². The molecule has 2 aromatic carbocycles. The molecule has 0 aliphatic carbocycles. The van der Waals surface area contributed by atoms with E-state index in [1.807, 2.05) is 12.1 Å². The molecule has 0 aliphatic heterocycles. The first-order valence-corrected chi connectivity index (χ1v) is 6.62. The van der Waals surface area contributed by atoms with Gasteiger partial charge in [0.05, 0.1) is 5.56 Å². The summed E-state index contributed by atoms with van der Waals surface area (Å²) in [5.41, 5.74) is 1.72. The van der Waals surface area contributed by atoms with E-state index in [9.17, 15) is 13.6 Å². The van der Waals surface area contributed by atoms with Crippen molar-refractivity contribution < 1.29 is 13.6 Å². The highest BCUT2D eigenvalue weighted by Crippen LogP contribution is 2.18. The van der Waals surface area contributed by atoms with Gasteiger partial charge in [0.15, 0.2) is 5.78 Å². The topological polar surface area (TPSA) is 17.1 Å². The smallest absolute Gasteiger partial charge is 0.195 e. The van der Waals surface area contributed by atoms with E-state index in [0.717, 1.165) is 24.5 Å². The van der Waals surface area contributed by atoms with Crippen molar-refractivity contribution in [3.8, 4) is 0 Å². The van der Waals surface area contributed by atoms with Crippen LogP contribution in [0.5, 0.6) is 0 Å². The van der Waals surface area contributed by atoms with Crippen LogP contribution in [-0.2, 0) is 6.42 Å². The summed E-state index contributed by atoms with van der Waals surface area (Å²) in [7, 11) is 0. The lowest BCUT2D eigenvalue weighted by Crippen LogP contribution is -2.06. The standard InChI is InChI=1S/C17H16F2O/c1-3-4-12-5-7-13(8-6-12)17(20)14-9-11(2)15(18)10-16(14)19/h5-10H,3-4H2,1-2H3. The number of benzene rings is 2. The van der Waals surface area contributed by atoms with Crippen molar-refractivity contribution in [1.29, 1.82) is 0 Å². The van der Waals surface area contributed by atoms with E-state index in [2.05, 4.69) is 6.92 Å². The van der Waals surface area contributed by atoms with Crippen molar-refractivity contribution >= 4 is 5.78 Å². The van der Waals surface area contributed by atoms with Crippen LogP contribution in [0.1, 0.15) is 40.4 Å². The third-order valence-electron chi connectivity index (χ3n) is 3.25. The number of carbonyl (C=O) groups is 1. The van der Waals surface area contributed by atoms with Crippen LogP contribution in [0.15, 0.2) is 36.4 Å². The van der Waals surface area contributed by atoms with E-state index < -0.39 is 17.4 Å². The molecule has 3 heteroatoms. The zero-order valence-electron chi connectivity index (χ0n) is 11.5. The van der Waals surface area contributed by atoms with Gasteiger partial charge in [0.25, 0.3) is 0 Å². The van der Waals surface area contributed by atoms with Crippen molar-refractivity contribution in [2.45, 2.75) is 26.7 Å². The number of hydrogen-bond donors (Lipinski definition) is 0. The van der Waals surface area contributed by atoms with Gasteiger partial charge < -0.3 is 0 Å². The molecule has 2 aromatic rings. The van der Waals surface area contributed by atoms with Gasteiger partial charge in [0, 0.05) is 11.6 Å². The lowest BCUT2D eigenvalue weighted by atomic mass is 9.99. The summed E-state index contributed by atoms with van der Waals surface area (Å²) in [5, 5.41) is 0. The van der Waals surface area contributed by atoms with E-state index in [1.54, 1.807) is 12.1 Å². The van der Waals surface area contributed by atoms with Crippen molar-refractivity contribution in [2.75, 3.05) is 0 Å². The Hall–Kier alpha value is -2.03. The molecule has 0 radical (unpaired) electrons. The monoisotopic (exact) mass is 274 g/mol. The molecule has 1 nitrogen and oxygen atoms in total. The van der Waals surface area contributed by atoms with Gasteiger partial charge in [-0.2, -0.15) is 0 Å². The van der Waals surface area contributed by atoms with Crippen LogP contribution in [0, 0.1) is 18.6 Å². The van der Waals surface area contributed by atoms with Crippen molar-refractivity contribution in [3.63, 3.8) is 0 Å². The van der Waals surface area contributed by atoms with Gasteiger partial charge in [-0.1, -0.05) is 37.6 Å². The first-order chi connectivity index (χ1) is 9.52. The molecule has 0 unspecified atom stereocenters. The highest BCUT2D eigenvalue weighted by molar-refractivity contribution is 6.09. The van der Waals surface area contributed by atoms with Crippen LogP contribution in [0.4, 0.5) is 8.78 Å². The van der Waals surface area contributed by atoms with Crippen molar-refractivity contribution in [3.05, 3.63) is 70.3 Å². The fraction of sp³-hybridized carbons (Fsp3) is 0.235. The minimum Gasteiger partial charge on any atom is -0.288 e. The number of hydrogen-bond acceptors (Lipinski definition) is 1. The van der Waals surface area contributed by atoms with Crippen LogP contribution in [0.2, 0.25) is 0 Å². The Bertz CT molecular complexity index is 630. The minimum absolute atomic E-state index is 0.0906. The van der Waals surface area contributed by atoms with Gasteiger partial charge in [-0.15, -0.1) is 0 Å². The largest absolute Gasteiger partial charge is 0.288 e. The van der Waals surface area contributed by atoms with Gasteiger partial charge >= 0.3 is 0 Å².